The molecule has 0 aromatic heterocycles. The molecular formula is C16H15NO5. The van der Waals surface area contributed by atoms with Gasteiger partial charge in [-0.2, -0.15) is 0 Å². The fraction of sp³-hybridized carbons (Fsp3) is 0.125. The molecule has 6 heteroatoms. The zero-order valence-corrected chi connectivity index (χ0v) is 11.9. The highest BCUT2D eigenvalue weighted by Crippen LogP contribution is 2.19. The van der Waals surface area contributed by atoms with Crippen molar-refractivity contribution in [2.24, 2.45) is 0 Å². The second kappa shape index (κ2) is 6.95. The number of nitrogens with one attached hydrogen (secondary N) is 1. The van der Waals surface area contributed by atoms with Gasteiger partial charge in [-0.3, -0.25) is 4.79 Å². The van der Waals surface area contributed by atoms with E-state index in [4.69, 9.17) is 0 Å². The first kappa shape index (κ1) is 15.8. The van der Waals surface area contributed by atoms with Crippen LogP contribution in [0.2, 0.25) is 0 Å². The van der Waals surface area contributed by atoms with E-state index in [0.29, 0.717) is 5.56 Å². The lowest BCUT2D eigenvalue weighted by Crippen LogP contribution is -3.06. The number of carbonyl (C=O) groups excluding carboxylic acids is 2. The Hall–Kier alpha value is -2.54. The summed E-state index contributed by atoms with van der Waals surface area (Å²) in [4.78, 5) is 24.4. The summed E-state index contributed by atoms with van der Waals surface area (Å²) in [5, 5.41) is 19.7. The van der Waals surface area contributed by atoms with Gasteiger partial charge in [-0.25, -0.2) is 15.2 Å². The van der Waals surface area contributed by atoms with E-state index in [2.05, 4.69) is 4.74 Å². The average Bonchev–Trinajstić information content (AvgIpc) is 2.55. The predicted octanol–water partition coefficient (Wildman–Crippen LogP) is 1.17. The van der Waals surface area contributed by atoms with E-state index < -0.39 is 23.0 Å². The van der Waals surface area contributed by atoms with Gasteiger partial charge in [0.2, 0.25) is 11.8 Å². The molecule has 0 fully saturated rings. The molecule has 0 saturated carbocycles. The molecule has 0 bridgehead atoms. The topological polar surface area (TPSA) is 91.1 Å². The van der Waals surface area contributed by atoms with Crippen molar-refractivity contribution in [1.82, 2.24) is 0 Å². The van der Waals surface area contributed by atoms with Crippen LogP contribution in [0.5, 0.6) is 0 Å². The van der Waals surface area contributed by atoms with Gasteiger partial charge in [-0.05, 0) is 6.07 Å². The van der Waals surface area contributed by atoms with Crippen LogP contribution in [0.3, 0.4) is 0 Å². The molecule has 2 atom stereocenters. The SMILES string of the molecule is COC(=O)c1ccccc1C(=O)[C@@H](c1ccccc1)[NH+]([O-])O. The van der Waals surface area contributed by atoms with Crippen LogP contribution in [-0.4, -0.2) is 24.1 Å². The molecule has 0 heterocycles. The largest absolute Gasteiger partial charge is 0.599 e. The van der Waals surface area contributed by atoms with Gasteiger partial charge in [-0.1, -0.05) is 48.5 Å². The minimum absolute atomic E-state index is 0.0330. The summed E-state index contributed by atoms with van der Waals surface area (Å²) in [6.45, 7) is 0. The fourth-order valence-corrected chi connectivity index (χ4v) is 2.19. The number of hydroxylamine groups is 2. The molecule has 22 heavy (non-hydrogen) atoms. The Morgan fingerprint density at radius 1 is 1.05 bits per heavy atom. The summed E-state index contributed by atoms with van der Waals surface area (Å²) in [6.07, 6.45) is 0. The highest BCUT2D eigenvalue weighted by Gasteiger charge is 2.31. The first-order valence-electron chi connectivity index (χ1n) is 6.55. The van der Waals surface area contributed by atoms with Crippen molar-refractivity contribution in [3.63, 3.8) is 0 Å². The number of ether oxygens (including phenoxy) is 1. The molecule has 6 nitrogen and oxygen atoms in total. The van der Waals surface area contributed by atoms with E-state index in [9.17, 15) is 20.0 Å². The quantitative estimate of drug-likeness (QED) is 0.491. The summed E-state index contributed by atoms with van der Waals surface area (Å²) in [5.74, 6) is -1.33. The highest BCUT2D eigenvalue weighted by atomic mass is 16.8. The average molecular weight is 301 g/mol. The molecule has 0 aliphatic carbocycles. The number of ketones is 1. The minimum Gasteiger partial charge on any atom is -0.599 e. The standard InChI is InChI=1S/C16H15NO5/c1-22-16(19)13-10-6-5-9-12(13)15(18)14(17(20)21)11-7-3-2-4-8-11/h2-10,14,17,20H,1H3/t14-/m1/s1. The van der Waals surface area contributed by atoms with Crippen molar-refractivity contribution < 1.29 is 24.8 Å². The Morgan fingerprint density at radius 3 is 2.14 bits per heavy atom. The van der Waals surface area contributed by atoms with Crippen molar-refractivity contribution in [1.29, 1.82) is 0 Å². The number of quaternary nitrogens is 1. The first-order valence-corrected chi connectivity index (χ1v) is 6.55. The lowest BCUT2D eigenvalue weighted by molar-refractivity contribution is -1.06. The summed E-state index contributed by atoms with van der Waals surface area (Å²) in [7, 11) is 1.20. The van der Waals surface area contributed by atoms with Crippen LogP contribution < -0.4 is 5.23 Å². The number of hydrogen-bond acceptors (Lipinski definition) is 5. The van der Waals surface area contributed by atoms with Crippen LogP contribution in [0.15, 0.2) is 54.6 Å². The van der Waals surface area contributed by atoms with Gasteiger partial charge in [0.25, 0.3) is 0 Å². The number of benzene rings is 2. The van der Waals surface area contributed by atoms with E-state index in [1.807, 2.05) is 0 Å². The van der Waals surface area contributed by atoms with E-state index in [1.165, 1.54) is 19.2 Å². The van der Waals surface area contributed by atoms with Crippen LogP contribution in [0.4, 0.5) is 0 Å². The van der Waals surface area contributed by atoms with Gasteiger partial charge in [0.05, 0.1) is 12.7 Å². The smallest absolute Gasteiger partial charge is 0.338 e. The molecule has 0 radical (unpaired) electrons. The summed E-state index contributed by atoms with van der Waals surface area (Å²) in [6, 6.07) is 12.8. The first-order chi connectivity index (χ1) is 10.6. The lowest BCUT2D eigenvalue weighted by atomic mass is 9.94. The maximum Gasteiger partial charge on any atom is 0.338 e. The third-order valence-electron chi connectivity index (χ3n) is 3.24. The zero-order chi connectivity index (χ0) is 16.1. The number of methoxy groups -OCH3 is 1. The van der Waals surface area contributed by atoms with Crippen LogP contribution in [0, 0.1) is 5.21 Å². The molecule has 2 N–H and O–H groups in total. The van der Waals surface area contributed by atoms with Gasteiger partial charge in [0.15, 0.2) is 0 Å². The molecule has 0 saturated heterocycles. The number of esters is 1. The van der Waals surface area contributed by atoms with Crippen molar-refractivity contribution in [3.05, 3.63) is 76.5 Å². The van der Waals surface area contributed by atoms with Crippen molar-refractivity contribution in [3.8, 4) is 0 Å². The number of hydrogen-bond donors (Lipinski definition) is 2. The van der Waals surface area contributed by atoms with Gasteiger partial charge < -0.3 is 9.94 Å². The van der Waals surface area contributed by atoms with E-state index in [1.54, 1.807) is 42.5 Å². The van der Waals surface area contributed by atoms with Crippen molar-refractivity contribution in [2.45, 2.75) is 6.04 Å². The van der Waals surface area contributed by atoms with E-state index >= 15 is 0 Å². The molecule has 114 valence electrons. The molecule has 2 aromatic carbocycles. The second-order valence-electron chi connectivity index (χ2n) is 4.58. The third-order valence-corrected chi connectivity index (χ3v) is 3.24. The number of carbonyl (C=O) groups is 2. The maximum absolute atomic E-state index is 12.6. The Bertz CT molecular complexity index is 669. The van der Waals surface area contributed by atoms with Crippen LogP contribution in [0.1, 0.15) is 32.3 Å². The molecule has 0 aliphatic rings. The van der Waals surface area contributed by atoms with Gasteiger partial charge in [-0.15, -0.1) is 0 Å². The van der Waals surface area contributed by atoms with E-state index in [-0.39, 0.29) is 11.1 Å². The number of rotatable bonds is 5. The van der Waals surface area contributed by atoms with E-state index in [0.717, 1.165) is 0 Å². The molecule has 0 spiro atoms. The highest BCUT2D eigenvalue weighted by molar-refractivity contribution is 6.08. The maximum atomic E-state index is 12.6. The minimum atomic E-state index is -1.37. The lowest BCUT2D eigenvalue weighted by Gasteiger charge is -2.23. The monoisotopic (exact) mass is 301 g/mol. The van der Waals surface area contributed by atoms with Crippen LogP contribution in [0.25, 0.3) is 0 Å². The molecule has 2 aromatic rings. The van der Waals surface area contributed by atoms with Crippen LogP contribution in [-0.2, 0) is 4.74 Å². The van der Waals surface area contributed by atoms with Gasteiger partial charge in [0, 0.05) is 11.1 Å². The Morgan fingerprint density at radius 2 is 1.59 bits per heavy atom. The molecule has 0 amide bonds. The Balaban J connectivity index is 2.47. The molecule has 0 aliphatic heterocycles. The molecule has 1 unspecified atom stereocenters. The molecular weight excluding hydrogens is 286 g/mol. The zero-order valence-electron chi connectivity index (χ0n) is 11.9. The second-order valence-corrected chi connectivity index (χ2v) is 4.58. The predicted molar refractivity (Wildman–Crippen MR) is 77.4 cm³/mol. The fourth-order valence-electron chi connectivity index (χ4n) is 2.19. The summed E-state index contributed by atoms with van der Waals surface area (Å²) in [5.41, 5.74) is 0.447. The normalized spacial score (nSPS) is 13.2. The number of Topliss-reactive ketones (excluding diaryl/α,β-unsaturated/α-hetero) is 1. The van der Waals surface area contributed by atoms with Gasteiger partial charge in [0.1, 0.15) is 0 Å². The van der Waals surface area contributed by atoms with Crippen molar-refractivity contribution in [2.75, 3.05) is 7.11 Å². The van der Waals surface area contributed by atoms with Crippen molar-refractivity contribution >= 4 is 11.8 Å². The summed E-state index contributed by atoms with van der Waals surface area (Å²) < 4.78 is 4.63. The Kier molecular flexibility index (Phi) is 5.00. The van der Waals surface area contributed by atoms with Gasteiger partial charge >= 0.3 is 5.97 Å². The summed E-state index contributed by atoms with van der Waals surface area (Å²) >= 11 is 0. The Labute approximate surface area is 127 Å². The molecule has 2 rings (SSSR count). The van der Waals surface area contributed by atoms with Crippen LogP contribution >= 0.6 is 0 Å². The third kappa shape index (κ3) is 3.20.